The average Bonchev–Trinajstić information content (AvgIpc) is 3.39. The van der Waals surface area contributed by atoms with Crippen molar-refractivity contribution >= 4 is 17.9 Å². The Labute approximate surface area is 459 Å². The summed E-state index contributed by atoms with van der Waals surface area (Å²) in [5, 5.41) is 144. The predicted octanol–water partition coefficient (Wildman–Crippen LogP) is -1.32. The van der Waals surface area contributed by atoms with Gasteiger partial charge in [0, 0.05) is 23.3 Å². The van der Waals surface area contributed by atoms with Crippen LogP contribution in [-0.4, -0.2) is 227 Å². The molecule has 0 aromatic carbocycles. The van der Waals surface area contributed by atoms with Gasteiger partial charge in [0.05, 0.1) is 37.4 Å². The van der Waals surface area contributed by atoms with Gasteiger partial charge in [-0.3, -0.25) is 4.79 Å². The second kappa shape index (κ2) is 22.6. The van der Waals surface area contributed by atoms with Crippen molar-refractivity contribution in [2.24, 2.45) is 50.2 Å². The predicted molar refractivity (Wildman–Crippen MR) is 269 cm³/mol. The minimum absolute atomic E-state index is 0.0849. The van der Waals surface area contributed by atoms with Gasteiger partial charge in [0.15, 0.2) is 25.0 Å². The molecule has 3 saturated heterocycles. The number of rotatable bonds is 14. The molecule has 0 amide bonds. The first kappa shape index (κ1) is 62.2. The summed E-state index contributed by atoms with van der Waals surface area (Å²) in [6.07, 6.45) is -26.8. The Morgan fingerprint density at radius 3 is 1.81 bits per heavy atom. The number of aliphatic carboxylic acids is 1. The molecule has 3 heterocycles. The van der Waals surface area contributed by atoms with E-state index >= 15 is 0 Å². The Hall–Kier alpha value is -2.83. The van der Waals surface area contributed by atoms with Gasteiger partial charge < -0.3 is 104 Å². The second-order valence-electron chi connectivity index (χ2n) is 25.6. The number of ether oxygens (including phenoxy) is 8. The quantitative estimate of drug-likeness (QED) is 0.0415. The molecule has 27 atom stereocenters. The fraction of sp³-hybridized carbons (Fsp3) is 0.873. The Balaban J connectivity index is 1.11. The highest BCUT2D eigenvalue weighted by molar-refractivity contribution is 5.87. The number of hydrogen-bond acceptors (Lipinski definition) is 23. The normalized spacial score (nSPS) is 50.6. The van der Waals surface area contributed by atoms with Crippen LogP contribution in [0, 0.1) is 50.2 Å². The SMILES string of the molecule is CC=C(C)C(=O)OC1C(O)C2(COC(C)=O)C(O)CC3(C)C(=CCC4C5(C)CCC(OC6OC(C(=O)O)C(OC7OC(CO)C(O)C(O)C7O)C(O)C6OC6OC(CO)C(O)C(O)C6O)C(C)(CO)C5CCC43C)C2CC1(C)C. The zero-order chi connectivity index (χ0) is 58.4. The molecule has 0 spiro atoms. The van der Waals surface area contributed by atoms with Crippen LogP contribution in [0.15, 0.2) is 23.3 Å². The molecular weight excluding hydrogens is 1040 g/mol. The molecule has 0 aromatic heterocycles. The summed E-state index contributed by atoms with van der Waals surface area (Å²) in [7, 11) is 0. The van der Waals surface area contributed by atoms with Crippen molar-refractivity contribution in [3.05, 3.63) is 23.3 Å². The summed E-state index contributed by atoms with van der Waals surface area (Å²) in [6.45, 7) is 14.3. The minimum atomic E-state index is -2.18. The Morgan fingerprint density at radius 2 is 1.28 bits per heavy atom. The van der Waals surface area contributed by atoms with Gasteiger partial charge in [-0.15, -0.1) is 0 Å². The number of carbonyl (C=O) groups excluding carboxylic acids is 2. The number of carboxylic acid groups (broad SMARTS) is 1. The van der Waals surface area contributed by atoms with Gasteiger partial charge in [0.2, 0.25) is 0 Å². The van der Waals surface area contributed by atoms with Crippen molar-refractivity contribution in [1.82, 2.24) is 0 Å². The maximum absolute atomic E-state index is 13.3. The molecule has 79 heavy (non-hydrogen) atoms. The lowest BCUT2D eigenvalue weighted by Gasteiger charge is -2.72. The van der Waals surface area contributed by atoms with Crippen LogP contribution in [0.5, 0.6) is 0 Å². The van der Waals surface area contributed by atoms with Crippen LogP contribution in [0.3, 0.4) is 0 Å². The van der Waals surface area contributed by atoms with E-state index in [1.165, 1.54) is 6.92 Å². The third-order valence-electron chi connectivity index (χ3n) is 21.0. The van der Waals surface area contributed by atoms with Crippen molar-refractivity contribution in [3.63, 3.8) is 0 Å². The van der Waals surface area contributed by atoms with E-state index in [0.29, 0.717) is 37.7 Å². The monoisotopic (exact) mass is 1130 g/mol. The van der Waals surface area contributed by atoms with Crippen LogP contribution >= 0.6 is 0 Å². The molecule has 27 unspecified atom stereocenters. The number of fused-ring (bicyclic) bond motifs is 7. The lowest BCUT2D eigenvalue weighted by molar-refractivity contribution is -0.392. The first-order valence-electron chi connectivity index (χ1n) is 27.7. The highest BCUT2D eigenvalue weighted by atomic mass is 16.8. The van der Waals surface area contributed by atoms with Gasteiger partial charge in [-0.25, -0.2) is 9.59 Å². The van der Waals surface area contributed by atoms with Gasteiger partial charge in [-0.05, 0) is 92.8 Å². The molecule has 0 radical (unpaired) electrons. The Bertz CT molecular complexity index is 2290. The van der Waals surface area contributed by atoms with E-state index in [1.807, 2.05) is 20.8 Å². The number of carboxylic acids is 1. The lowest BCUT2D eigenvalue weighted by Crippen LogP contribution is -2.72. The molecule has 24 nitrogen and oxygen atoms in total. The van der Waals surface area contributed by atoms with Crippen molar-refractivity contribution in [2.75, 3.05) is 26.4 Å². The van der Waals surface area contributed by atoms with Gasteiger partial charge in [-0.2, -0.15) is 0 Å². The number of esters is 2. The first-order valence-corrected chi connectivity index (χ1v) is 27.7. The summed E-state index contributed by atoms with van der Waals surface area (Å²) in [6, 6.07) is 0. The van der Waals surface area contributed by atoms with Gasteiger partial charge in [0.1, 0.15) is 86.0 Å². The number of aliphatic hydroxyl groups is 12. The highest BCUT2D eigenvalue weighted by Crippen LogP contribution is 2.76. The number of aliphatic hydroxyl groups excluding tert-OH is 12. The Kier molecular flexibility index (Phi) is 17.8. The smallest absolute Gasteiger partial charge is 0.335 e. The van der Waals surface area contributed by atoms with Crippen LogP contribution in [0.25, 0.3) is 0 Å². The summed E-state index contributed by atoms with van der Waals surface area (Å²) < 4.78 is 47.7. The zero-order valence-electron chi connectivity index (χ0n) is 46.4. The van der Waals surface area contributed by atoms with E-state index in [2.05, 4.69) is 26.8 Å². The number of allylic oxidation sites excluding steroid dienone is 3. The van der Waals surface area contributed by atoms with Crippen LogP contribution in [0.1, 0.15) is 107 Å². The van der Waals surface area contributed by atoms with Crippen molar-refractivity contribution in [1.29, 1.82) is 0 Å². The average molecular weight is 1130 g/mol. The molecule has 0 bridgehead atoms. The van der Waals surface area contributed by atoms with Gasteiger partial charge >= 0.3 is 17.9 Å². The molecule has 4 saturated carbocycles. The third kappa shape index (κ3) is 10.0. The van der Waals surface area contributed by atoms with E-state index in [1.54, 1.807) is 19.9 Å². The minimum Gasteiger partial charge on any atom is -0.479 e. The highest BCUT2D eigenvalue weighted by Gasteiger charge is 2.74. The third-order valence-corrected chi connectivity index (χ3v) is 21.0. The van der Waals surface area contributed by atoms with Gasteiger partial charge in [0.25, 0.3) is 0 Å². The maximum atomic E-state index is 13.3. The summed E-state index contributed by atoms with van der Waals surface area (Å²) in [5.41, 5.74) is -3.78. The molecular formula is C55H86O24. The molecule has 8 aliphatic rings. The van der Waals surface area contributed by atoms with E-state index in [0.717, 1.165) is 5.57 Å². The summed E-state index contributed by atoms with van der Waals surface area (Å²) >= 11 is 0. The van der Waals surface area contributed by atoms with Crippen molar-refractivity contribution in [2.45, 2.75) is 224 Å². The molecule has 13 N–H and O–H groups in total. The van der Waals surface area contributed by atoms with E-state index < -0.39 is 193 Å². The first-order chi connectivity index (χ1) is 36.9. The van der Waals surface area contributed by atoms with Crippen LogP contribution in [-0.2, 0) is 52.3 Å². The molecule has 450 valence electrons. The van der Waals surface area contributed by atoms with E-state index in [4.69, 9.17) is 37.9 Å². The fourth-order valence-electron chi connectivity index (χ4n) is 16.1. The standard InChI is InChI=1S/C55H86O24/c1-10-23(2)46(71)79-44-43(68)55(22-72-24(3)59)26(17-50(44,4)5)25-11-12-30-51(6)15-14-32(52(7,21-58)29(51)13-16-53(30,8)54(25,9)18-31(55)60)75-49-41(77-48-38(66)36(64)34(62)28(20-57)74-48)39(67)40(42(78-49)45(69)70)76-47-37(65)35(63)33(61)27(19-56)73-47/h10-11,26-44,47-49,56-58,60-68H,12-22H2,1-9H3,(H,69,70). The summed E-state index contributed by atoms with van der Waals surface area (Å²) in [4.78, 5) is 39.0. The van der Waals surface area contributed by atoms with Crippen LogP contribution in [0.2, 0.25) is 0 Å². The van der Waals surface area contributed by atoms with Gasteiger partial charge in [-0.1, -0.05) is 59.3 Å². The molecule has 0 aromatic rings. The Morgan fingerprint density at radius 1 is 0.696 bits per heavy atom. The second-order valence-corrected chi connectivity index (χ2v) is 25.6. The van der Waals surface area contributed by atoms with Crippen molar-refractivity contribution in [3.8, 4) is 0 Å². The molecule has 3 aliphatic heterocycles. The topological polar surface area (TPSA) is 388 Å². The van der Waals surface area contributed by atoms with Crippen LogP contribution < -0.4 is 0 Å². The largest absolute Gasteiger partial charge is 0.479 e. The molecule has 8 rings (SSSR count). The molecule has 7 fully saturated rings. The summed E-state index contributed by atoms with van der Waals surface area (Å²) in [5.74, 6) is -3.82. The fourth-order valence-corrected chi connectivity index (χ4v) is 16.1. The molecule has 24 heteroatoms. The zero-order valence-corrected chi connectivity index (χ0v) is 46.4. The lowest BCUT2D eigenvalue weighted by atomic mass is 9.33. The number of hydrogen-bond donors (Lipinski definition) is 13. The van der Waals surface area contributed by atoms with Crippen LogP contribution in [0.4, 0.5) is 0 Å². The number of carbonyl (C=O) groups is 3. The van der Waals surface area contributed by atoms with Crippen molar-refractivity contribution < 1.29 is 119 Å². The molecule has 5 aliphatic carbocycles. The maximum Gasteiger partial charge on any atom is 0.335 e. The van der Waals surface area contributed by atoms with E-state index in [9.17, 15) is 80.8 Å². The van der Waals surface area contributed by atoms with E-state index in [-0.39, 0.29) is 31.3 Å².